The van der Waals surface area contributed by atoms with Crippen LogP contribution in [0.5, 0.6) is 0 Å². The van der Waals surface area contributed by atoms with Gasteiger partial charge in [0.2, 0.25) is 0 Å². The fourth-order valence-electron chi connectivity index (χ4n) is 1.98. The van der Waals surface area contributed by atoms with Gasteiger partial charge in [-0.1, -0.05) is 47.5 Å². The van der Waals surface area contributed by atoms with Crippen LogP contribution in [0.1, 0.15) is 22.9 Å². The minimum absolute atomic E-state index is 0.248. The van der Waals surface area contributed by atoms with Gasteiger partial charge in [0, 0.05) is 5.56 Å². The molecule has 2 unspecified atom stereocenters. The number of aryl methyl sites for hydroxylation is 2. The van der Waals surface area contributed by atoms with Gasteiger partial charge >= 0.3 is 0 Å². The first-order valence-electron chi connectivity index (χ1n) is 6.33. The summed E-state index contributed by atoms with van der Waals surface area (Å²) in [7, 11) is -3.58. The summed E-state index contributed by atoms with van der Waals surface area (Å²) >= 11 is 0. The number of hydroxylamine groups is 1. The molecule has 1 fully saturated rings. The topological polar surface area (TPSA) is 49.7 Å². The van der Waals surface area contributed by atoms with Gasteiger partial charge < -0.3 is 0 Å². The van der Waals surface area contributed by atoms with Crippen molar-refractivity contribution in [1.82, 2.24) is 4.47 Å². The number of nitrogens with zero attached hydrogens (tertiary/aromatic N) is 1. The first-order chi connectivity index (χ1) is 9.48. The molecule has 3 rings (SSSR count). The van der Waals surface area contributed by atoms with Crippen LogP contribution in [-0.2, 0) is 14.9 Å². The van der Waals surface area contributed by atoms with Crippen LogP contribution >= 0.6 is 0 Å². The van der Waals surface area contributed by atoms with Crippen LogP contribution in [0.25, 0.3) is 0 Å². The number of rotatable bonds is 3. The molecule has 0 amide bonds. The van der Waals surface area contributed by atoms with E-state index in [1.807, 2.05) is 38.1 Å². The molecule has 1 heterocycles. The highest BCUT2D eigenvalue weighted by Crippen LogP contribution is 2.42. The van der Waals surface area contributed by atoms with Crippen LogP contribution in [0.3, 0.4) is 0 Å². The lowest BCUT2D eigenvalue weighted by atomic mass is 10.1. The van der Waals surface area contributed by atoms with E-state index < -0.39 is 16.3 Å². The molecule has 0 bridgehead atoms. The Balaban J connectivity index is 1.84. The Labute approximate surface area is 118 Å². The zero-order valence-electron chi connectivity index (χ0n) is 11.3. The Hall–Kier alpha value is -1.69. The zero-order valence-corrected chi connectivity index (χ0v) is 12.1. The lowest BCUT2D eigenvalue weighted by molar-refractivity contribution is 0.283. The Morgan fingerprint density at radius 3 is 1.95 bits per heavy atom. The first kappa shape index (κ1) is 13.3. The maximum Gasteiger partial charge on any atom is 0.267 e. The van der Waals surface area contributed by atoms with E-state index in [9.17, 15) is 8.42 Å². The standard InChI is InChI=1S/C15H15NO3S/c1-11-3-7-13(8-4-11)15-16(19-15)20(17,18)14-9-5-12(2)6-10-14/h3-10,15H,1-2H3. The monoisotopic (exact) mass is 289 g/mol. The van der Waals surface area contributed by atoms with E-state index >= 15 is 0 Å². The van der Waals surface area contributed by atoms with Crippen molar-refractivity contribution in [3.05, 3.63) is 65.2 Å². The first-order valence-corrected chi connectivity index (χ1v) is 7.77. The molecule has 1 aliphatic rings. The third-order valence-electron chi connectivity index (χ3n) is 3.27. The van der Waals surface area contributed by atoms with Crippen LogP contribution in [-0.4, -0.2) is 12.9 Å². The van der Waals surface area contributed by atoms with E-state index in [1.54, 1.807) is 24.3 Å². The number of hydrogen-bond acceptors (Lipinski definition) is 3. The smallest absolute Gasteiger partial charge is 0.253 e. The largest absolute Gasteiger partial charge is 0.267 e. The molecule has 2 atom stereocenters. The molecule has 0 aliphatic carbocycles. The predicted octanol–water partition coefficient (Wildman–Crippen LogP) is 2.94. The Morgan fingerprint density at radius 1 is 0.900 bits per heavy atom. The third-order valence-corrected chi connectivity index (χ3v) is 4.89. The fourth-order valence-corrected chi connectivity index (χ4v) is 3.24. The van der Waals surface area contributed by atoms with Crippen LogP contribution in [0.4, 0.5) is 0 Å². The molecule has 0 radical (unpaired) electrons. The molecular weight excluding hydrogens is 274 g/mol. The molecule has 5 heteroatoms. The lowest BCUT2D eigenvalue weighted by Crippen LogP contribution is -2.12. The second-order valence-electron chi connectivity index (χ2n) is 4.94. The van der Waals surface area contributed by atoms with Gasteiger partial charge in [0.25, 0.3) is 10.0 Å². The summed E-state index contributed by atoms with van der Waals surface area (Å²) in [4.78, 5) is 5.49. The van der Waals surface area contributed by atoms with E-state index in [-0.39, 0.29) is 4.90 Å². The predicted molar refractivity (Wildman–Crippen MR) is 75.2 cm³/mol. The number of benzene rings is 2. The average molecular weight is 289 g/mol. The molecular formula is C15H15NO3S. The van der Waals surface area contributed by atoms with Crippen molar-refractivity contribution in [1.29, 1.82) is 0 Å². The molecule has 2 aromatic carbocycles. The molecule has 0 N–H and O–H groups in total. The average Bonchev–Trinajstić information content (AvgIpc) is 3.21. The summed E-state index contributed by atoms with van der Waals surface area (Å²) in [5, 5.41) is 0. The van der Waals surface area contributed by atoms with E-state index in [0.717, 1.165) is 21.2 Å². The second kappa shape index (κ2) is 4.70. The van der Waals surface area contributed by atoms with Crippen molar-refractivity contribution in [3.63, 3.8) is 0 Å². The van der Waals surface area contributed by atoms with E-state index in [1.165, 1.54) is 0 Å². The summed E-state index contributed by atoms with van der Waals surface area (Å²) in [6.45, 7) is 3.90. The van der Waals surface area contributed by atoms with Crippen LogP contribution in [0.15, 0.2) is 53.4 Å². The highest BCUT2D eigenvalue weighted by atomic mass is 32.2. The van der Waals surface area contributed by atoms with Crippen molar-refractivity contribution in [2.24, 2.45) is 0 Å². The van der Waals surface area contributed by atoms with Gasteiger partial charge in [0.05, 0.1) is 4.90 Å². The number of sulfonamides is 1. The van der Waals surface area contributed by atoms with Gasteiger partial charge in [-0.25, -0.2) is 8.42 Å². The van der Waals surface area contributed by atoms with E-state index in [2.05, 4.69) is 0 Å². The maximum atomic E-state index is 12.4. The molecule has 0 spiro atoms. The minimum Gasteiger partial charge on any atom is -0.253 e. The van der Waals surface area contributed by atoms with Gasteiger partial charge in [-0.3, -0.25) is 4.84 Å². The molecule has 20 heavy (non-hydrogen) atoms. The van der Waals surface area contributed by atoms with Gasteiger partial charge in [0.15, 0.2) is 6.23 Å². The van der Waals surface area contributed by atoms with Crippen molar-refractivity contribution >= 4 is 10.0 Å². The molecule has 1 saturated heterocycles. The molecule has 1 aliphatic heterocycles. The van der Waals surface area contributed by atoms with Crippen LogP contribution in [0.2, 0.25) is 0 Å². The molecule has 0 aromatic heterocycles. The SMILES string of the molecule is Cc1ccc(C2ON2S(=O)(=O)c2ccc(C)cc2)cc1. The van der Waals surface area contributed by atoms with E-state index in [4.69, 9.17) is 4.84 Å². The van der Waals surface area contributed by atoms with Crippen molar-refractivity contribution in [3.8, 4) is 0 Å². The molecule has 2 aromatic rings. The lowest BCUT2D eigenvalue weighted by Gasteiger charge is -2.03. The molecule has 104 valence electrons. The molecule has 0 saturated carbocycles. The van der Waals surface area contributed by atoms with Gasteiger partial charge in [0.1, 0.15) is 0 Å². The van der Waals surface area contributed by atoms with Gasteiger partial charge in [-0.05, 0) is 30.4 Å². The summed E-state index contributed by atoms with van der Waals surface area (Å²) in [5.41, 5.74) is 2.99. The van der Waals surface area contributed by atoms with Gasteiger partial charge in [-0.2, -0.15) is 0 Å². The fraction of sp³-hybridized carbons (Fsp3) is 0.200. The Morgan fingerprint density at radius 2 is 1.40 bits per heavy atom. The summed E-state index contributed by atoms with van der Waals surface area (Å²) in [6.07, 6.45) is -0.512. The zero-order chi connectivity index (χ0) is 14.3. The Kier molecular flexibility index (Phi) is 3.12. The van der Waals surface area contributed by atoms with Crippen molar-refractivity contribution in [2.45, 2.75) is 25.0 Å². The normalized spacial score (nSPS) is 21.7. The minimum atomic E-state index is -3.58. The summed E-state index contributed by atoms with van der Waals surface area (Å²) in [5.74, 6) is 0. The van der Waals surface area contributed by atoms with Crippen molar-refractivity contribution in [2.75, 3.05) is 0 Å². The summed E-state index contributed by atoms with van der Waals surface area (Å²) in [6, 6.07) is 14.4. The maximum absolute atomic E-state index is 12.4. The quantitative estimate of drug-likeness (QED) is 0.816. The number of hydrogen-bond donors (Lipinski definition) is 0. The third kappa shape index (κ3) is 2.35. The van der Waals surface area contributed by atoms with E-state index in [0.29, 0.717) is 0 Å². The van der Waals surface area contributed by atoms with Crippen LogP contribution in [0, 0.1) is 13.8 Å². The van der Waals surface area contributed by atoms with Crippen molar-refractivity contribution < 1.29 is 13.3 Å². The Bertz CT molecular complexity index is 721. The highest BCUT2D eigenvalue weighted by Gasteiger charge is 2.48. The summed E-state index contributed by atoms with van der Waals surface area (Å²) < 4.78 is 25.8. The van der Waals surface area contributed by atoms with Gasteiger partial charge in [-0.15, -0.1) is 0 Å². The van der Waals surface area contributed by atoms with Crippen LogP contribution < -0.4 is 0 Å². The molecule has 4 nitrogen and oxygen atoms in total. The second-order valence-corrected chi connectivity index (χ2v) is 6.72. The highest BCUT2D eigenvalue weighted by molar-refractivity contribution is 7.89.